The molecule has 0 bridgehead atoms. The molecule has 1 N–H and O–H groups in total. The standard InChI is InChI=1S/C8H15N.CH4.2H2S/c1-5-7-6(4-9-5)8(7,2)3;;;/h5-7,9H,4H2,1-3H3;1H4;2*1H2/t5-,6+,7-;;;/m1.../s1. The maximum Gasteiger partial charge on any atom is 0.00756 e. The second-order valence-corrected chi connectivity index (χ2v) is 4.15. The van der Waals surface area contributed by atoms with E-state index in [0.29, 0.717) is 5.41 Å². The molecule has 0 unspecified atom stereocenters. The van der Waals surface area contributed by atoms with Gasteiger partial charge in [0.05, 0.1) is 0 Å². The molecule has 1 saturated carbocycles. The Morgan fingerprint density at radius 3 is 1.92 bits per heavy atom. The lowest BCUT2D eigenvalue weighted by Crippen LogP contribution is -2.27. The molecule has 3 heteroatoms. The van der Waals surface area contributed by atoms with E-state index < -0.39 is 0 Å². The third kappa shape index (κ3) is 1.78. The molecule has 2 rings (SSSR count). The van der Waals surface area contributed by atoms with Crippen LogP contribution < -0.4 is 5.32 Å². The Labute approximate surface area is 90.6 Å². The zero-order chi connectivity index (χ0) is 6.65. The number of hydrogen-bond acceptors (Lipinski definition) is 1. The topological polar surface area (TPSA) is 12.0 Å². The molecule has 76 valence electrons. The highest BCUT2D eigenvalue weighted by Crippen LogP contribution is 2.62. The number of hydrogen-bond donors (Lipinski definition) is 1. The van der Waals surface area contributed by atoms with Gasteiger partial charge in [-0.25, -0.2) is 0 Å². The van der Waals surface area contributed by atoms with Gasteiger partial charge in [0.2, 0.25) is 0 Å². The highest BCUT2D eigenvalue weighted by atomic mass is 32.1. The Balaban J connectivity index is 0. The monoisotopic (exact) mass is 209 g/mol. The van der Waals surface area contributed by atoms with Crippen LogP contribution in [0.4, 0.5) is 0 Å². The summed E-state index contributed by atoms with van der Waals surface area (Å²) in [4.78, 5) is 0. The maximum absolute atomic E-state index is 3.47. The summed E-state index contributed by atoms with van der Waals surface area (Å²) < 4.78 is 0. The van der Waals surface area contributed by atoms with Crippen LogP contribution in [-0.4, -0.2) is 12.6 Å². The fourth-order valence-corrected chi connectivity index (χ4v) is 2.61. The first-order valence-corrected chi connectivity index (χ1v) is 3.87. The molecule has 0 aromatic carbocycles. The van der Waals surface area contributed by atoms with Crippen molar-refractivity contribution in [2.45, 2.75) is 34.2 Å². The molecule has 1 heterocycles. The van der Waals surface area contributed by atoms with Gasteiger partial charge in [0.25, 0.3) is 0 Å². The van der Waals surface area contributed by atoms with Gasteiger partial charge in [0.15, 0.2) is 0 Å². The average molecular weight is 209 g/mol. The predicted molar refractivity (Wildman–Crippen MR) is 65.7 cm³/mol. The first kappa shape index (κ1) is 15.1. The van der Waals surface area contributed by atoms with Crippen molar-refractivity contribution < 1.29 is 0 Å². The molecule has 1 aliphatic carbocycles. The fourth-order valence-electron chi connectivity index (χ4n) is 2.61. The lowest BCUT2D eigenvalue weighted by atomic mass is 10.0. The van der Waals surface area contributed by atoms with Crippen LogP contribution in [0.3, 0.4) is 0 Å². The van der Waals surface area contributed by atoms with Gasteiger partial charge in [-0.3, -0.25) is 0 Å². The third-order valence-corrected chi connectivity index (χ3v) is 3.34. The third-order valence-electron chi connectivity index (χ3n) is 3.34. The summed E-state index contributed by atoms with van der Waals surface area (Å²) in [5, 5.41) is 3.47. The minimum Gasteiger partial charge on any atom is -0.314 e. The zero-order valence-corrected chi connectivity index (χ0v) is 9.44. The molecule has 2 fully saturated rings. The van der Waals surface area contributed by atoms with E-state index in [1.54, 1.807) is 0 Å². The minimum atomic E-state index is 0. The molecular formula is C9H23NS2. The van der Waals surface area contributed by atoms with Crippen LogP contribution in [0.1, 0.15) is 28.2 Å². The van der Waals surface area contributed by atoms with E-state index in [4.69, 9.17) is 0 Å². The second kappa shape index (κ2) is 4.25. The molecule has 12 heavy (non-hydrogen) atoms. The smallest absolute Gasteiger partial charge is 0.00756 e. The number of rotatable bonds is 0. The Bertz CT molecular complexity index is 147. The summed E-state index contributed by atoms with van der Waals surface area (Å²) in [6.45, 7) is 8.34. The largest absolute Gasteiger partial charge is 0.314 e. The maximum atomic E-state index is 3.47. The molecule has 0 aromatic heterocycles. The Hall–Kier alpha value is 0.660. The van der Waals surface area contributed by atoms with Crippen LogP contribution in [0.5, 0.6) is 0 Å². The first-order valence-electron chi connectivity index (χ1n) is 3.87. The van der Waals surface area contributed by atoms with Gasteiger partial charge in [-0.2, -0.15) is 27.0 Å². The van der Waals surface area contributed by atoms with Crippen LogP contribution in [0.25, 0.3) is 0 Å². The van der Waals surface area contributed by atoms with Crippen LogP contribution in [0.15, 0.2) is 0 Å². The molecule has 1 aliphatic heterocycles. The van der Waals surface area contributed by atoms with Crippen molar-refractivity contribution in [3.63, 3.8) is 0 Å². The summed E-state index contributed by atoms with van der Waals surface area (Å²) in [6, 6.07) is 0.782. The highest BCUT2D eigenvalue weighted by molar-refractivity contribution is 7.59. The van der Waals surface area contributed by atoms with Crippen LogP contribution in [0, 0.1) is 17.3 Å². The molecule has 0 radical (unpaired) electrons. The lowest BCUT2D eigenvalue weighted by molar-refractivity contribution is 0.418. The Morgan fingerprint density at radius 1 is 1.25 bits per heavy atom. The zero-order valence-electron chi connectivity index (χ0n) is 7.44. The van der Waals surface area contributed by atoms with Crippen molar-refractivity contribution in [1.29, 1.82) is 0 Å². The van der Waals surface area contributed by atoms with Crippen molar-refractivity contribution in [3.8, 4) is 0 Å². The van der Waals surface area contributed by atoms with Crippen LogP contribution in [-0.2, 0) is 0 Å². The van der Waals surface area contributed by atoms with Gasteiger partial charge in [-0.05, 0) is 30.7 Å². The second-order valence-electron chi connectivity index (χ2n) is 4.15. The van der Waals surface area contributed by atoms with Gasteiger partial charge < -0.3 is 5.32 Å². The fraction of sp³-hybridized carbons (Fsp3) is 1.00. The van der Waals surface area contributed by atoms with Crippen molar-refractivity contribution in [2.24, 2.45) is 17.3 Å². The molecule has 1 nitrogen and oxygen atoms in total. The van der Waals surface area contributed by atoms with Gasteiger partial charge in [0.1, 0.15) is 0 Å². The van der Waals surface area contributed by atoms with E-state index in [1.807, 2.05) is 0 Å². The van der Waals surface area contributed by atoms with Crippen molar-refractivity contribution >= 4 is 27.0 Å². The summed E-state index contributed by atoms with van der Waals surface area (Å²) in [5.41, 5.74) is 0.671. The number of piperidine rings is 1. The number of fused-ring (bicyclic) bond motifs is 1. The molecule has 1 saturated heterocycles. The lowest BCUT2D eigenvalue weighted by Gasteiger charge is -2.13. The first-order chi connectivity index (χ1) is 4.14. The van der Waals surface area contributed by atoms with Crippen molar-refractivity contribution in [1.82, 2.24) is 5.32 Å². The highest BCUT2D eigenvalue weighted by Gasteiger charge is 2.62. The van der Waals surface area contributed by atoms with Gasteiger partial charge in [-0.15, -0.1) is 0 Å². The normalized spacial score (nSPS) is 39.8. The summed E-state index contributed by atoms with van der Waals surface area (Å²) >= 11 is 0. The van der Waals surface area contributed by atoms with Crippen molar-refractivity contribution in [3.05, 3.63) is 0 Å². The summed E-state index contributed by atoms with van der Waals surface area (Å²) in [5.74, 6) is 1.98. The van der Waals surface area contributed by atoms with E-state index >= 15 is 0 Å². The quantitative estimate of drug-likeness (QED) is 0.644. The van der Waals surface area contributed by atoms with Crippen molar-refractivity contribution in [2.75, 3.05) is 6.54 Å². The molecule has 2 aliphatic rings. The van der Waals surface area contributed by atoms with E-state index in [0.717, 1.165) is 17.9 Å². The average Bonchev–Trinajstić information content (AvgIpc) is 2.19. The van der Waals surface area contributed by atoms with E-state index in [9.17, 15) is 0 Å². The molecule has 0 amide bonds. The predicted octanol–water partition coefficient (Wildman–Crippen LogP) is 2.11. The molecule has 0 aromatic rings. The van der Waals surface area contributed by atoms with Crippen LogP contribution >= 0.6 is 27.0 Å². The summed E-state index contributed by atoms with van der Waals surface area (Å²) in [7, 11) is 0. The Morgan fingerprint density at radius 2 is 1.75 bits per heavy atom. The summed E-state index contributed by atoms with van der Waals surface area (Å²) in [6.07, 6.45) is 0. The van der Waals surface area contributed by atoms with E-state index in [1.165, 1.54) is 6.54 Å². The van der Waals surface area contributed by atoms with Gasteiger partial charge in [0, 0.05) is 6.04 Å². The van der Waals surface area contributed by atoms with Gasteiger partial charge >= 0.3 is 0 Å². The molecule has 3 atom stereocenters. The van der Waals surface area contributed by atoms with Gasteiger partial charge in [-0.1, -0.05) is 21.3 Å². The van der Waals surface area contributed by atoms with E-state index in [2.05, 4.69) is 26.1 Å². The SMILES string of the molecule is C.C[C@H]1NC[C@H]2[C@@H]1C2(C)C.S.S. The molecular weight excluding hydrogens is 186 g/mol. The van der Waals surface area contributed by atoms with Crippen LogP contribution in [0.2, 0.25) is 0 Å². The molecule has 0 spiro atoms. The number of nitrogens with one attached hydrogen (secondary N) is 1. The van der Waals surface area contributed by atoms with E-state index in [-0.39, 0.29) is 34.4 Å². The Kier molecular flexibility index (Phi) is 5.36. The minimum absolute atomic E-state index is 0.